The van der Waals surface area contributed by atoms with Crippen LogP contribution < -0.4 is 4.74 Å². The highest BCUT2D eigenvalue weighted by Gasteiger charge is 2.21. The van der Waals surface area contributed by atoms with Crippen LogP contribution in [-0.2, 0) is 11.3 Å². The van der Waals surface area contributed by atoms with Crippen molar-refractivity contribution in [3.63, 3.8) is 0 Å². The van der Waals surface area contributed by atoms with E-state index in [4.69, 9.17) is 4.74 Å². The number of amides is 1. The van der Waals surface area contributed by atoms with Gasteiger partial charge in [0.2, 0.25) is 0 Å². The van der Waals surface area contributed by atoms with Crippen LogP contribution in [0.4, 0.5) is 4.39 Å². The van der Waals surface area contributed by atoms with Crippen LogP contribution in [0.1, 0.15) is 15.9 Å². The Labute approximate surface area is 213 Å². The van der Waals surface area contributed by atoms with Crippen LogP contribution in [0.25, 0.3) is 33.4 Å². The number of benzene rings is 2. The number of alkyl halides is 1. The minimum atomic E-state index is -0.961. The lowest BCUT2D eigenvalue weighted by Crippen LogP contribution is -2.48. The van der Waals surface area contributed by atoms with E-state index in [1.807, 2.05) is 24.3 Å². The highest BCUT2D eigenvalue weighted by molar-refractivity contribution is 5.97. The number of H-pyrrole nitrogens is 1. The average Bonchev–Trinajstić information content (AvgIpc) is 3.37. The molecule has 1 aliphatic heterocycles. The number of nitrogens with one attached hydrogen (secondary N) is 1. The van der Waals surface area contributed by atoms with Gasteiger partial charge in [0.25, 0.3) is 5.91 Å². The van der Waals surface area contributed by atoms with E-state index in [0.29, 0.717) is 32.7 Å². The van der Waals surface area contributed by atoms with Gasteiger partial charge >= 0.3 is 5.97 Å². The third-order valence-electron chi connectivity index (χ3n) is 6.77. The molecule has 9 heteroatoms. The second-order valence-electron chi connectivity index (χ2n) is 9.01. The van der Waals surface area contributed by atoms with E-state index in [9.17, 15) is 19.1 Å². The monoisotopic (exact) mass is 502 g/mol. The topological polar surface area (TPSA) is 98.8 Å². The largest absolute Gasteiger partial charge is 0.496 e. The molecule has 0 atom stereocenters. The number of fused-ring (bicyclic) bond motifs is 1. The minimum Gasteiger partial charge on any atom is -0.496 e. The quantitative estimate of drug-likeness (QED) is 0.393. The number of hydrogen-bond acceptors (Lipinski definition) is 5. The van der Waals surface area contributed by atoms with Gasteiger partial charge in [0, 0.05) is 49.9 Å². The number of methoxy groups -OCH3 is 1. The maximum absolute atomic E-state index is 12.7. The molecule has 2 aromatic carbocycles. The predicted octanol–water partition coefficient (Wildman–Crippen LogP) is 4.22. The Balaban J connectivity index is 1.43. The molecule has 0 radical (unpaired) electrons. The number of carboxylic acid groups (broad SMARTS) is 1. The number of hydrogen-bond donors (Lipinski definition) is 2. The van der Waals surface area contributed by atoms with Crippen molar-refractivity contribution in [1.82, 2.24) is 19.8 Å². The molecule has 0 bridgehead atoms. The van der Waals surface area contributed by atoms with Crippen LogP contribution >= 0.6 is 0 Å². The second-order valence-corrected chi connectivity index (χ2v) is 9.01. The van der Waals surface area contributed by atoms with Gasteiger partial charge < -0.3 is 19.7 Å². The van der Waals surface area contributed by atoms with Gasteiger partial charge in [-0.1, -0.05) is 18.2 Å². The maximum Gasteiger partial charge on any atom is 0.335 e. The summed E-state index contributed by atoms with van der Waals surface area (Å²) in [4.78, 5) is 34.6. The molecule has 2 aromatic heterocycles. The van der Waals surface area contributed by atoms with Gasteiger partial charge in [0.15, 0.2) is 6.67 Å². The van der Waals surface area contributed by atoms with Crippen LogP contribution in [0, 0.1) is 0 Å². The molecule has 1 amide bonds. The zero-order valence-corrected chi connectivity index (χ0v) is 20.4. The summed E-state index contributed by atoms with van der Waals surface area (Å²) in [5, 5.41) is 10.1. The Morgan fingerprint density at radius 3 is 2.46 bits per heavy atom. The van der Waals surface area contributed by atoms with Gasteiger partial charge in [-0.3, -0.25) is 9.69 Å². The number of carbonyl (C=O) groups is 2. The molecule has 37 heavy (non-hydrogen) atoms. The van der Waals surface area contributed by atoms with Crippen LogP contribution in [0.3, 0.4) is 0 Å². The van der Waals surface area contributed by atoms with E-state index < -0.39 is 18.6 Å². The van der Waals surface area contributed by atoms with Gasteiger partial charge in [0.1, 0.15) is 11.4 Å². The predicted molar refractivity (Wildman–Crippen MR) is 138 cm³/mol. The van der Waals surface area contributed by atoms with E-state index in [2.05, 4.69) is 20.9 Å². The second kappa shape index (κ2) is 10.4. The fraction of sp³-hybridized carbons (Fsp3) is 0.250. The summed E-state index contributed by atoms with van der Waals surface area (Å²) in [5.74, 6) is -0.686. The molecule has 3 heterocycles. The number of carbonyl (C=O) groups excluding carboxylic acids is 1. The third kappa shape index (κ3) is 5.03. The number of halogens is 1. The summed E-state index contributed by atoms with van der Waals surface area (Å²) in [6.07, 6.45) is 1.73. The van der Waals surface area contributed by atoms with Crippen LogP contribution in [0.15, 0.2) is 60.8 Å². The van der Waals surface area contributed by atoms with Gasteiger partial charge in [-0.2, -0.15) is 0 Å². The smallest absolute Gasteiger partial charge is 0.335 e. The summed E-state index contributed by atoms with van der Waals surface area (Å²) in [5.41, 5.74) is 5.65. The van der Waals surface area contributed by atoms with E-state index in [-0.39, 0.29) is 5.56 Å². The summed E-state index contributed by atoms with van der Waals surface area (Å²) in [7, 11) is 1.63. The zero-order valence-electron chi connectivity index (χ0n) is 20.4. The molecule has 1 fully saturated rings. The molecular formula is C28H27FN4O4. The minimum absolute atomic E-state index is 0.237. The van der Waals surface area contributed by atoms with Crippen LogP contribution in [-0.4, -0.2) is 76.7 Å². The highest BCUT2D eigenvalue weighted by Crippen LogP contribution is 2.36. The summed E-state index contributed by atoms with van der Waals surface area (Å²) in [6.45, 7) is 2.18. The standard InChI is InChI=1S/C28H27FN4O4/c1-37-25-7-2-18(17-32-10-12-33(13-11-32)26(34)16-29)14-23(25)24-15-22-21(8-9-30-27(22)31-24)19-3-5-20(6-4-19)28(35)36/h2-9,14-15H,10-13,16-17H2,1H3,(H,30,31)(H,35,36). The molecule has 1 aliphatic rings. The molecule has 0 unspecified atom stereocenters. The molecule has 8 nitrogen and oxygen atoms in total. The first-order valence-electron chi connectivity index (χ1n) is 12.0. The Bertz CT molecular complexity index is 1440. The summed E-state index contributed by atoms with van der Waals surface area (Å²) >= 11 is 0. The highest BCUT2D eigenvalue weighted by atomic mass is 19.1. The normalized spacial score (nSPS) is 14.2. The first kappa shape index (κ1) is 24.5. The van der Waals surface area contributed by atoms with Crippen molar-refractivity contribution in [3.8, 4) is 28.1 Å². The molecular weight excluding hydrogens is 475 g/mol. The fourth-order valence-electron chi connectivity index (χ4n) is 4.78. The molecule has 2 N–H and O–H groups in total. The van der Waals surface area contributed by atoms with Crippen molar-refractivity contribution in [1.29, 1.82) is 0 Å². The van der Waals surface area contributed by atoms with Gasteiger partial charge in [-0.25, -0.2) is 14.2 Å². The van der Waals surface area contributed by atoms with Crippen molar-refractivity contribution < 1.29 is 23.8 Å². The van der Waals surface area contributed by atoms with Gasteiger partial charge in [0.05, 0.1) is 18.4 Å². The first-order valence-corrected chi connectivity index (χ1v) is 12.0. The number of rotatable bonds is 7. The van der Waals surface area contributed by atoms with E-state index in [1.54, 1.807) is 42.5 Å². The lowest BCUT2D eigenvalue weighted by Gasteiger charge is -2.34. The number of aromatic amines is 1. The summed E-state index contributed by atoms with van der Waals surface area (Å²) < 4.78 is 18.3. The fourth-order valence-corrected chi connectivity index (χ4v) is 4.78. The Kier molecular flexibility index (Phi) is 6.87. The molecule has 0 saturated carbocycles. The van der Waals surface area contributed by atoms with Crippen molar-refractivity contribution in [2.75, 3.05) is 40.0 Å². The number of nitrogens with zero attached hydrogens (tertiary/aromatic N) is 3. The SMILES string of the molecule is COc1ccc(CN2CCN(C(=O)CF)CC2)cc1-c1cc2c(-c3ccc(C(=O)O)cc3)ccnc2[nH]1. The lowest BCUT2D eigenvalue weighted by atomic mass is 10.0. The van der Waals surface area contributed by atoms with E-state index >= 15 is 0 Å². The number of piperazine rings is 1. The van der Waals surface area contributed by atoms with Crippen molar-refractivity contribution in [3.05, 3.63) is 71.9 Å². The molecule has 0 aliphatic carbocycles. The van der Waals surface area contributed by atoms with E-state index in [0.717, 1.165) is 44.7 Å². The lowest BCUT2D eigenvalue weighted by molar-refractivity contribution is -0.133. The van der Waals surface area contributed by atoms with Crippen molar-refractivity contribution in [2.45, 2.75) is 6.54 Å². The van der Waals surface area contributed by atoms with Gasteiger partial charge in [-0.05, 0) is 53.1 Å². The molecule has 4 aromatic rings. The molecule has 0 spiro atoms. The summed E-state index contributed by atoms with van der Waals surface area (Å²) in [6, 6.07) is 16.8. The third-order valence-corrected chi connectivity index (χ3v) is 6.77. The Morgan fingerprint density at radius 1 is 1.03 bits per heavy atom. The number of carboxylic acids is 1. The van der Waals surface area contributed by atoms with E-state index in [1.165, 1.54) is 0 Å². The molecule has 190 valence electrons. The number of ether oxygens (including phenoxy) is 1. The molecule has 5 rings (SSSR count). The van der Waals surface area contributed by atoms with Crippen LogP contribution in [0.5, 0.6) is 5.75 Å². The zero-order chi connectivity index (χ0) is 25.9. The van der Waals surface area contributed by atoms with Crippen molar-refractivity contribution >= 4 is 22.9 Å². The number of aromatic nitrogens is 2. The number of pyridine rings is 1. The maximum atomic E-state index is 12.7. The number of aromatic carboxylic acids is 1. The average molecular weight is 503 g/mol. The Morgan fingerprint density at radius 2 is 1.78 bits per heavy atom. The van der Waals surface area contributed by atoms with Gasteiger partial charge in [-0.15, -0.1) is 0 Å². The first-order chi connectivity index (χ1) is 18.0. The van der Waals surface area contributed by atoms with Crippen LogP contribution in [0.2, 0.25) is 0 Å². The Hall–Kier alpha value is -4.24. The molecule has 1 saturated heterocycles. The van der Waals surface area contributed by atoms with Crippen molar-refractivity contribution in [2.24, 2.45) is 0 Å².